The SMILES string of the molecule is CNCCCc1[nH]c2c(C)cccc2c1C. The number of aromatic amines is 1. The molecule has 0 spiro atoms. The van der Waals surface area contributed by atoms with Gasteiger partial charge in [0.1, 0.15) is 0 Å². The summed E-state index contributed by atoms with van der Waals surface area (Å²) in [5.74, 6) is 0. The van der Waals surface area contributed by atoms with E-state index in [2.05, 4.69) is 42.3 Å². The number of fused-ring (bicyclic) bond motifs is 1. The predicted molar refractivity (Wildman–Crippen MR) is 70.0 cm³/mol. The molecule has 0 amide bonds. The van der Waals surface area contributed by atoms with Crippen LogP contribution in [-0.2, 0) is 6.42 Å². The van der Waals surface area contributed by atoms with Crippen LogP contribution in [-0.4, -0.2) is 18.6 Å². The van der Waals surface area contributed by atoms with Crippen LogP contribution in [0, 0.1) is 13.8 Å². The maximum atomic E-state index is 3.56. The minimum Gasteiger partial charge on any atom is -0.358 e. The fraction of sp³-hybridized carbons (Fsp3) is 0.429. The molecule has 1 heterocycles. The van der Waals surface area contributed by atoms with Crippen molar-refractivity contribution < 1.29 is 0 Å². The summed E-state index contributed by atoms with van der Waals surface area (Å²) in [6.45, 7) is 5.45. The van der Waals surface area contributed by atoms with Gasteiger partial charge in [0.15, 0.2) is 0 Å². The largest absolute Gasteiger partial charge is 0.358 e. The molecule has 2 rings (SSSR count). The Hall–Kier alpha value is -1.28. The van der Waals surface area contributed by atoms with Crippen molar-refractivity contribution in [3.63, 3.8) is 0 Å². The molecule has 0 aliphatic rings. The Morgan fingerprint density at radius 1 is 1.25 bits per heavy atom. The van der Waals surface area contributed by atoms with E-state index in [0.29, 0.717) is 0 Å². The molecule has 0 fully saturated rings. The van der Waals surface area contributed by atoms with Gasteiger partial charge in [-0.3, -0.25) is 0 Å². The molecule has 0 radical (unpaired) electrons. The monoisotopic (exact) mass is 216 g/mol. The highest BCUT2D eigenvalue weighted by Gasteiger charge is 2.07. The lowest BCUT2D eigenvalue weighted by Gasteiger charge is -1.99. The third-order valence-corrected chi connectivity index (χ3v) is 3.26. The quantitative estimate of drug-likeness (QED) is 0.756. The summed E-state index contributed by atoms with van der Waals surface area (Å²) in [6.07, 6.45) is 2.31. The molecule has 1 aromatic heterocycles. The van der Waals surface area contributed by atoms with E-state index in [9.17, 15) is 0 Å². The van der Waals surface area contributed by atoms with Gasteiger partial charge in [-0.15, -0.1) is 0 Å². The topological polar surface area (TPSA) is 27.8 Å². The van der Waals surface area contributed by atoms with Gasteiger partial charge < -0.3 is 10.3 Å². The van der Waals surface area contributed by atoms with Crippen molar-refractivity contribution in [2.24, 2.45) is 0 Å². The fourth-order valence-corrected chi connectivity index (χ4v) is 2.25. The Morgan fingerprint density at radius 2 is 2.06 bits per heavy atom. The molecule has 2 aromatic rings. The van der Waals surface area contributed by atoms with E-state index in [0.717, 1.165) is 13.0 Å². The van der Waals surface area contributed by atoms with Crippen LogP contribution in [0.4, 0.5) is 0 Å². The highest BCUT2D eigenvalue weighted by atomic mass is 14.8. The molecule has 2 N–H and O–H groups in total. The third-order valence-electron chi connectivity index (χ3n) is 3.26. The highest BCUT2D eigenvalue weighted by molar-refractivity contribution is 5.86. The number of hydrogen-bond donors (Lipinski definition) is 2. The van der Waals surface area contributed by atoms with Crippen LogP contribution in [0.3, 0.4) is 0 Å². The van der Waals surface area contributed by atoms with Gasteiger partial charge >= 0.3 is 0 Å². The molecule has 0 aliphatic heterocycles. The number of H-pyrrole nitrogens is 1. The van der Waals surface area contributed by atoms with Gasteiger partial charge in [0.25, 0.3) is 0 Å². The number of hydrogen-bond acceptors (Lipinski definition) is 1. The lowest BCUT2D eigenvalue weighted by Crippen LogP contribution is -2.08. The number of para-hydroxylation sites is 1. The van der Waals surface area contributed by atoms with Crippen LogP contribution in [0.2, 0.25) is 0 Å². The Kier molecular flexibility index (Phi) is 3.30. The van der Waals surface area contributed by atoms with E-state index in [-0.39, 0.29) is 0 Å². The second-order valence-corrected chi connectivity index (χ2v) is 4.43. The molecule has 0 saturated carbocycles. The summed E-state index contributed by atoms with van der Waals surface area (Å²) in [7, 11) is 2.00. The molecule has 2 heteroatoms. The first-order valence-corrected chi connectivity index (χ1v) is 5.95. The van der Waals surface area contributed by atoms with Crippen LogP contribution in [0.1, 0.15) is 23.2 Å². The van der Waals surface area contributed by atoms with Crippen molar-refractivity contribution in [3.8, 4) is 0 Å². The second kappa shape index (κ2) is 4.71. The van der Waals surface area contributed by atoms with Gasteiger partial charge in [-0.25, -0.2) is 0 Å². The molecule has 0 atom stereocenters. The lowest BCUT2D eigenvalue weighted by molar-refractivity contribution is 0.716. The standard InChI is InChI=1S/C14H20N2/c1-10-6-4-7-12-11(2)13(16-14(10)12)8-5-9-15-3/h4,6-7,15-16H,5,8-9H2,1-3H3. The van der Waals surface area contributed by atoms with Gasteiger partial charge in [0.2, 0.25) is 0 Å². The summed E-state index contributed by atoms with van der Waals surface area (Å²) in [6, 6.07) is 6.50. The summed E-state index contributed by atoms with van der Waals surface area (Å²) >= 11 is 0. The number of nitrogens with one attached hydrogen (secondary N) is 2. The Balaban J connectivity index is 2.33. The molecule has 86 valence electrons. The van der Waals surface area contributed by atoms with Crippen molar-refractivity contribution in [3.05, 3.63) is 35.0 Å². The summed E-state index contributed by atoms with van der Waals surface area (Å²) in [5.41, 5.74) is 5.44. The van der Waals surface area contributed by atoms with Crippen molar-refractivity contribution >= 4 is 10.9 Å². The molecule has 1 aromatic carbocycles. The average Bonchev–Trinajstić information content (AvgIpc) is 2.59. The maximum absolute atomic E-state index is 3.56. The maximum Gasteiger partial charge on any atom is 0.0488 e. The van der Waals surface area contributed by atoms with E-state index in [4.69, 9.17) is 0 Å². The minimum atomic E-state index is 1.08. The number of aromatic nitrogens is 1. The average molecular weight is 216 g/mol. The fourth-order valence-electron chi connectivity index (χ4n) is 2.25. The van der Waals surface area contributed by atoms with Crippen LogP contribution in [0.15, 0.2) is 18.2 Å². The molecule has 2 nitrogen and oxygen atoms in total. The Morgan fingerprint density at radius 3 is 2.75 bits per heavy atom. The van der Waals surface area contributed by atoms with Crippen LogP contribution >= 0.6 is 0 Å². The molecule has 0 bridgehead atoms. The first-order chi connectivity index (χ1) is 7.74. The van der Waals surface area contributed by atoms with Crippen LogP contribution < -0.4 is 5.32 Å². The van der Waals surface area contributed by atoms with E-state index in [1.807, 2.05) is 7.05 Å². The predicted octanol–water partition coefficient (Wildman–Crippen LogP) is 2.94. The van der Waals surface area contributed by atoms with Gasteiger partial charge in [0, 0.05) is 16.6 Å². The summed E-state index contributed by atoms with van der Waals surface area (Å²) < 4.78 is 0. The minimum absolute atomic E-state index is 1.08. The Bertz CT molecular complexity index is 483. The molecule has 0 saturated heterocycles. The molecule has 0 unspecified atom stereocenters. The van der Waals surface area contributed by atoms with Gasteiger partial charge in [0.05, 0.1) is 0 Å². The molecular formula is C14H20N2. The second-order valence-electron chi connectivity index (χ2n) is 4.43. The molecular weight excluding hydrogens is 196 g/mol. The van der Waals surface area contributed by atoms with E-state index in [1.54, 1.807) is 0 Å². The first-order valence-electron chi connectivity index (χ1n) is 5.95. The zero-order valence-corrected chi connectivity index (χ0v) is 10.4. The van der Waals surface area contributed by atoms with Crippen LogP contribution in [0.25, 0.3) is 10.9 Å². The van der Waals surface area contributed by atoms with Crippen molar-refractivity contribution in [1.29, 1.82) is 0 Å². The normalized spacial score (nSPS) is 11.2. The van der Waals surface area contributed by atoms with Gasteiger partial charge in [-0.1, -0.05) is 18.2 Å². The zero-order chi connectivity index (χ0) is 11.5. The van der Waals surface area contributed by atoms with Crippen molar-refractivity contribution in [2.45, 2.75) is 26.7 Å². The van der Waals surface area contributed by atoms with E-state index < -0.39 is 0 Å². The summed E-state index contributed by atoms with van der Waals surface area (Å²) in [5, 5.41) is 4.56. The van der Waals surface area contributed by atoms with Crippen LogP contribution in [0.5, 0.6) is 0 Å². The smallest absolute Gasteiger partial charge is 0.0488 e. The molecule has 0 aliphatic carbocycles. The van der Waals surface area contributed by atoms with Crippen molar-refractivity contribution in [2.75, 3.05) is 13.6 Å². The Labute approximate surface area is 97.1 Å². The third kappa shape index (κ3) is 1.98. The lowest BCUT2D eigenvalue weighted by atomic mass is 10.1. The van der Waals surface area contributed by atoms with E-state index in [1.165, 1.54) is 34.1 Å². The zero-order valence-electron chi connectivity index (χ0n) is 10.4. The summed E-state index contributed by atoms with van der Waals surface area (Å²) in [4.78, 5) is 3.56. The highest BCUT2D eigenvalue weighted by Crippen LogP contribution is 2.24. The number of aryl methyl sites for hydroxylation is 3. The van der Waals surface area contributed by atoms with Crippen molar-refractivity contribution in [1.82, 2.24) is 10.3 Å². The van der Waals surface area contributed by atoms with E-state index >= 15 is 0 Å². The number of benzene rings is 1. The number of rotatable bonds is 4. The molecule has 16 heavy (non-hydrogen) atoms. The first kappa shape index (κ1) is 11.2. The van der Waals surface area contributed by atoms with Gasteiger partial charge in [-0.2, -0.15) is 0 Å². The van der Waals surface area contributed by atoms with Gasteiger partial charge in [-0.05, 0) is 51.4 Å².